The molecule has 0 bridgehead atoms. The lowest BCUT2D eigenvalue weighted by molar-refractivity contribution is 0.0959. The number of carbonyl (C=O) groups is 1. The van der Waals surface area contributed by atoms with E-state index in [4.69, 9.17) is 0 Å². The van der Waals surface area contributed by atoms with Crippen LogP contribution in [-0.4, -0.2) is 42.1 Å². The lowest BCUT2D eigenvalue weighted by Gasteiger charge is -2.17. The second kappa shape index (κ2) is 7.41. The highest BCUT2D eigenvalue weighted by Gasteiger charge is 2.15. The second-order valence-electron chi connectivity index (χ2n) is 5.55. The Kier molecular flexibility index (Phi) is 5.07. The van der Waals surface area contributed by atoms with Gasteiger partial charge in [-0.3, -0.25) is 4.79 Å². The van der Waals surface area contributed by atoms with Gasteiger partial charge in [-0.15, -0.1) is 11.3 Å². The quantitative estimate of drug-likeness (QED) is 0.795. The number of amides is 1. The van der Waals surface area contributed by atoms with Crippen molar-refractivity contribution in [1.82, 2.24) is 15.3 Å². The van der Waals surface area contributed by atoms with Crippen molar-refractivity contribution in [2.45, 2.75) is 19.8 Å². The molecule has 7 heteroatoms. The van der Waals surface area contributed by atoms with Gasteiger partial charge in [0.1, 0.15) is 5.82 Å². The zero-order chi connectivity index (χ0) is 16.1. The lowest BCUT2D eigenvalue weighted by atomic mass is 10.4. The summed E-state index contributed by atoms with van der Waals surface area (Å²) in [7, 11) is 0. The summed E-state index contributed by atoms with van der Waals surface area (Å²) in [5, 5.41) is 7.97. The molecule has 0 spiro atoms. The smallest absolute Gasteiger partial charge is 0.261 e. The standard InChI is InChI=1S/C16H21N5OS/c1-12-11-14(21-8-2-3-9-21)20-16(19-12)18-7-6-17-15(22)13-5-4-10-23-13/h4-5,10-11H,2-3,6-9H2,1H3,(H,17,22)(H,18,19,20). The zero-order valence-corrected chi connectivity index (χ0v) is 14.0. The lowest BCUT2D eigenvalue weighted by Crippen LogP contribution is -2.28. The zero-order valence-electron chi connectivity index (χ0n) is 13.2. The minimum atomic E-state index is -0.0373. The monoisotopic (exact) mass is 331 g/mol. The average molecular weight is 331 g/mol. The summed E-state index contributed by atoms with van der Waals surface area (Å²) < 4.78 is 0. The number of hydrogen-bond acceptors (Lipinski definition) is 6. The normalized spacial score (nSPS) is 14.0. The number of hydrogen-bond donors (Lipinski definition) is 2. The van der Waals surface area contributed by atoms with Crippen molar-refractivity contribution in [3.8, 4) is 0 Å². The molecule has 2 aromatic rings. The van der Waals surface area contributed by atoms with Crippen LogP contribution in [0.4, 0.5) is 11.8 Å². The number of anilines is 2. The third-order valence-electron chi connectivity index (χ3n) is 3.71. The molecule has 3 heterocycles. The number of thiophene rings is 1. The van der Waals surface area contributed by atoms with Gasteiger partial charge in [0.05, 0.1) is 4.88 Å². The number of rotatable bonds is 6. The fourth-order valence-electron chi connectivity index (χ4n) is 2.58. The summed E-state index contributed by atoms with van der Waals surface area (Å²) in [5.41, 5.74) is 0.951. The van der Waals surface area contributed by atoms with E-state index in [2.05, 4.69) is 25.5 Å². The molecule has 0 radical (unpaired) electrons. The number of nitrogens with one attached hydrogen (secondary N) is 2. The first-order chi connectivity index (χ1) is 11.2. The van der Waals surface area contributed by atoms with E-state index in [0.717, 1.165) is 29.5 Å². The molecule has 1 amide bonds. The maximum Gasteiger partial charge on any atom is 0.261 e. The second-order valence-corrected chi connectivity index (χ2v) is 6.49. The Morgan fingerprint density at radius 1 is 1.30 bits per heavy atom. The van der Waals surface area contributed by atoms with Crippen molar-refractivity contribution in [2.24, 2.45) is 0 Å². The van der Waals surface area contributed by atoms with E-state index >= 15 is 0 Å². The predicted molar refractivity (Wildman–Crippen MR) is 93.4 cm³/mol. The summed E-state index contributed by atoms with van der Waals surface area (Å²) in [4.78, 5) is 23.8. The largest absolute Gasteiger partial charge is 0.356 e. The minimum Gasteiger partial charge on any atom is -0.356 e. The van der Waals surface area contributed by atoms with Crippen LogP contribution in [0.25, 0.3) is 0 Å². The molecule has 23 heavy (non-hydrogen) atoms. The van der Waals surface area contributed by atoms with Gasteiger partial charge in [0.15, 0.2) is 0 Å². The Hall–Kier alpha value is -2.15. The molecule has 0 aliphatic carbocycles. The summed E-state index contributed by atoms with van der Waals surface area (Å²) >= 11 is 1.44. The summed E-state index contributed by atoms with van der Waals surface area (Å²) in [6.45, 7) is 5.23. The molecule has 1 aliphatic heterocycles. The molecule has 2 N–H and O–H groups in total. The number of nitrogens with zero attached hydrogens (tertiary/aromatic N) is 3. The molecule has 1 fully saturated rings. The van der Waals surface area contributed by atoms with E-state index in [1.807, 2.05) is 30.5 Å². The molecule has 0 atom stereocenters. The van der Waals surface area contributed by atoms with Crippen molar-refractivity contribution < 1.29 is 4.79 Å². The SMILES string of the molecule is Cc1cc(N2CCCC2)nc(NCCNC(=O)c2cccs2)n1. The maximum atomic E-state index is 11.8. The van der Waals surface area contributed by atoms with Gasteiger partial charge in [-0.1, -0.05) is 6.07 Å². The molecule has 0 saturated carbocycles. The molecule has 6 nitrogen and oxygen atoms in total. The number of carbonyl (C=O) groups excluding carboxylic acids is 1. The van der Waals surface area contributed by atoms with Gasteiger partial charge in [0.25, 0.3) is 5.91 Å². The van der Waals surface area contributed by atoms with Crippen LogP contribution in [0.15, 0.2) is 23.6 Å². The Balaban J connectivity index is 1.51. The van der Waals surface area contributed by atoms with E-state index in [-0.39, 0.29) is 5.91 Å². The van der Waals surface area contributed by atoms with Crippen molar-refractivity contribution in [1.29, 1.82) is 0 Å². The molecule has 2 aromatic heterocycles. The van der Waals surface area contributed by atoms with Gasteiger partial charge in [0.2, 0.25) is 5.95 Å². The van der Waals surface area contributed by atoms with E-state index in [0.29, 0.717) is 19.0 Å². The van der Waals surface area contributed by atoms with Crippen LogP contribution < -0.4 is 15.5 Å². The topological polar surface area (TPSA) is 70.2 Å². The first-order valence-corrected chi connectivity index (χ1v) is 8.76. The number of aromatic nitrogens is 2. The third-order valence-corrected chi connectivity index (χ3v) is 4.58. The first-order valence-electron chi connectivity index (χ1n) is 7.88. The summed E-state index contributed by atoms with van der Waals surface area (Å²) in [6, 6.07) is 5.72. The van der Waals surface area contributed by atoms with Crippen molar-refractivity contribution in [3.63, 3.8) is 0 Å². The van der Waals surface area contributed by atoms with Crippen molar-refractivity contribution >= 4 is 29.0 Å². The van der Waals surface area contributed by atoms with Gasteiger partial charge in [-0.05, 0) is 31.2 Å². The van der Waals surface area contributed by atoms with Gasteiger partial charge in [-0.25, -0.2) is 4.98 Å². The Morgan fingerprint density at radius 3 is 2.87 bits per heavy atom. The average Bonchev–Trinajstić information content (AvgIpc) is 3.23. The van der Waals surface area contributed by atoms with Crippen LogP contribution in [0.2, 0.25) is 0 Å². The molecule has 0 unspecified atom stereocenters. The van der Waals surface area contributed by atoms with Crippen molar-refractivity contribution in [3.05, 3.63) is 34.2 Å². The molecule has 1 saturated heterocycles. The van der Waals surface area contributed by atoms with Gasteiger partial charge < -0.3 is 15.5 Å². The van der Waals surface area contributed by atoms with Gasteiger partial charge >= 0.3 is 0 Å². The maximum absolute atomic E-state index is 11.8. The highest BCUT2D eigenvalue weighted by molar-refractivity contribution is 7.12. The van der Waals surface area contributed by atoms with Crippen LogP contribution in [0.3, 0.4) is 0 Å². The van der Waals surface area contributed by atoms with Crippen LogP contribution in [-0.2, 0) is 0 Å². The van der Waals surface area contributed by atoms with Crippen LogP contribution >= 0.6 is 11.3 Å². The van der Waals surface area contributed by atoms with Gasteiger partial charge in [-0.2, -0.15) is 4.98 Å². The van der Waals surface area contributed by atoms with Gasteiger partial charge in [0, 0.05) is 37.9 Å². The van der Waals surface area contributed by atoms with Crippen LogP contribution in [0, 0.1) is 6.92 Å². The van der Waals surface area contributed by atoms with Crippen molar-refractivity contribution in [2.75, 3.05) is 36.4 Å². The molecular formula is C16H21N5OS. The Labute approximate surface area is 140 Å². The Bertz CT molecular complexity index is 652. The molecule has 0 aromatic carbocycles. The number of aryl methyl sites for hydroxylation is 1. The highest BCUT2D eigenvalue weighted by Crippen LogP contribution is 2.19. The summed E-state index contributed by atoms with van der Waals surface area (Å²) in [6.07, 6.45) is 2.45. The molecule has 1 aliphatic rings. The van der Waals surface area contributed by atoms with E-state index in [1.54, 1.807) is 0 Å². The summed E-state index contributed by atoms with van der Waals surface area (Å²) in [5.74, 6) is 1.57. The Morgan fingerprint density at radius 2 is 2.13 bits per heavy atom. The fraction of sp³-hybridized carbons (Fsp3) is 0.438. The highest BCUT2D eigenvalue weighted by atomic mass is 32.1. The third kappa shape index (κ3) is 4.19. The van der Waals surface area contributed by atoms with Crippen LogP contribution in [0.5, 0.6) is 0 Å². The predicted octanol–water partition coefficient (Wildman–Crippen LogP) is 2.29. The van der Waals surface area contributed by atoms with Crippen LogP contribution in [0.1, 0.15) is 28.2 Å². The van der Waals surface area contributed by atoms with E-state index in [1.165, 1.54) is 24.2 Å². The molecule has 122 valence electrons. The molecule has 3 rings (SSSR count). The first kappa shape index (κ1) is 15.7. The minimum absolute atomic E-state index is 0.0373. The molecular weight excluding hydrogens is 310 g/mol. The fourth-order valence-corrected chi connectivity index (χ4v) is 3.22. The van der Waals surface area contributed by atoms with E-state index in [9.17, 15) is 4.79 Å². The van der Waals surface area contributed by atoms with E-state index < -0.39 is 0 Å².